The number of hydrogen-bond donors (Lipinski definition) is 1. The molecule has 2 aromatic rings. The summed E-state index contributed by atoms with van der Waals surface area (Å²) in [6.07, 6.45) is 0.482. The molecule has 36 heavy (non-hydrogen) atoms. The number of aryl methyl sites for hydroxylation is 2. The van der Waals surface area contributed by atoms with Gasteiger partial charge in [0.1, 0.15) is 5.60 Å². The third-order valence-corrected chi connectivity index (χ3v) is 9.37. The highest BCUT2D eigenvalue weighted by atomic mass is 32.2. The van der Waals surface area contributed by atoms with E-state index in [1.54, 1.807) is 45.0 Å². The molecule has 0 saturated carbocycles. The molecule has 2 aromatic carbocycles. The summed E-state index contributed by atoms with van der Waals surface area (Å²) in [5.74, 6) is -1.89. The maximum Gasteiger partial charge on any atom is 0.308 e. The van der Waals surface area contributed by atoms with Crippen LogP contribution in [0, 0.1) is 19.8 Å². The lowest BCUT2D eigenvalue weighted by Crippen LogP contribution is -2.49. The smallest absolute Gasteiger partial charge is 0.308 e. The van der Waals surface area contributed by atoms with Gasteiger partial charge in [-0.3, -0.25) is 9.59 Å². The zero-order valence-corrected chi connectivity index (χ0v) is 23.1. The minimum Gasteiger partial charge on any atom is -0.481 e. The summed E-state index contributed by atoms with van der Waals surface area (Å²) in [5, 5.41) is 9.67. The van der Waals surface area contributed by atoms with Crippen molar-refractivity contribution >= 4 is 33.7 Å². The summed E-state index contributed by atoms with van der Waals surface area (Å²) in [4.78, 5) is 24.6. The van der Waals surface area contributed by atoms with Crippen LogP contribution in [0.2, 0.25) is 0 Å². The summed E-state index contributed by atoms with van der Waals surface area (Å²) >= 11 is 1.40. The third-order valence-electron chi connectivity index (χ3n) is 6.09. The average molecular weight is 534 g/mol. The molecule has 1 saturated heterocycles. The van der Waals surface area contributed by atoms with E-state index in [0.717, 1.165) is 16.7 Å². The quantitative estimate of drug-likeness (QED) is 0.478. The molecule has 196 valence electrons. The molecule has 1 aliphatic rings. The van der Waals surface area contributed by atoms with Crippen LogP contribution in [0.5, 0.6) is 0 Å². The molecule has 0 radical (unpaired) electrons. The Morgan fingerprint density at radius 2 is 1.58 bits per heavy atom. The van der Waals surface area contributed by atoms with E-state index < -0.39 is 33.6 Å². The molecule has 3 atom stereocenters. The first-order valence-corrected chi connectivity index (χ1v) is 14.5. The number of nitrogens with zero attached hydrogens (tertiary/aromatic N) is 1. The van der Waals surface area contributed by atoms with Crippen molar-refractivity contribution in [2.45, 2.75) is 69.2 Å². The number of ether oxygens (including phenoxy) is 1. The Kier molecular flexibility index (Phi) is 8.90. The normalized spacial score (nSPS) is 21.2. The highest BCUT2D eigenvalue weighted by Crippen LogP contribution is 2.42. The number of aliphatic carboxylic acids is 1. The van der Waals surface area contributed by atoms with E-state index in [0.29, 0.717) is 12.2 Å². The second-order valence-electron chi connectivity index (χ2n) is 10.2. The van der Waals surface area contributed by atoms with Crippen molar-refractivity contribution < 1.29 is 27.9 Å². The van der Waals surface area contributed by atoms with Crippen molar-refractivity contribution in [1.82, 2.24) is 4.31 Å². The van der Waals surface area contributed by atoms with Gasteiger partial charge in [-0.05, 0) is 58.7 Å². The van der Waals surface area contributed by atoms with Crippen LogP contribution < -0.4 is 0 Å². The highest BCUT2D eigenvalue weighted by Gasteiger charge is 2.45. The van der Waals surface area contributed by atoms with Gasteiger partial charge in [0, 0.05) is 17.5 Å². The first-order chi connectivity index (χ1) is 16.8. The lowest BCUT2D eigenvalue weighted by Gasteiger charge is -2.41. The van der Waals surface area contributed by atoms with Gasteiger partial charge in [0.05, 0.1) is 23.3 Å². The van der Waals surface area contributed by atoms with E-state index in [4.69, 9.17) is 4.74 Å². The summed E-state index contributed by atoms with van der Waals surface area (Å²) in [6.45, 7) is 9.10. The predicted octanol–water partition coefficient (Wildman–Crippen LogP) is 4.97. The standard InChI is InChI=1S/C27H35NO6S2/c1-18-6-10-20(11-7-18)23-16-24(35-15-14-25(29)34-27(3,4)5)22(26(30)31)17-28(23)36(32,33)21-12-8-19(2)9-13-21/h6-13,22-24H,14-17H2,1-5H3,(H,30,31)/t22-,23+,24-/m1/s1. The second kappa shape index (κ2) is 11.4. The summed E-state index contributed by atoms with van der Waals surface area (Å²) in [6, 6.07) is 13.8. The van der Waals surface area contributed by atoms with Crippen molar-refractivity contribution in [1.29, 1.82) is 0 Å². The van der Waals surface area contributed by atoms with Crippen LogP contribution in [0.3, 0.4) is 0 Å². The van der Waals surface area contributed by atoms with Crippen LogP contribution in [0.15, 0.2) is 53.4 Å². The fourth-order valence-corrected chi connectivity index (χ4v) is 7.24. The van der Waals surface area contributed by atoms with Crippen molar-refractivity contribution in [3.05, 3.63) is 65.2 Å². The van der Waals surface area contributed by atoms with Gasteiger partial charge in [-0.1, -0.05) is 47.5 Å². The molecule has 0 aliphatic carbocycles. The van der Waals surface area contributed by atoms with Gasteiger partial charge < -0.3 is 9.84 Å². The Labute approximate surface area is 218 Å². The first-order valence-electron chi connectivity index (χ1n) is 12.0. The van der Waals surface area contributed by atoms with E-state index in [1.165, 1.54) is 16.1 Å². The first kappa shape index (κ1) is 28.2. The number of piperidine rings is 1. The fraction of sp³-hybridized carbons (Fsp3) is 0.481. The van der Waals surface area contributed by atoms with E-state index in [1.807, 2.05) is 38.1 Å². The van der Waals surface area contributed by atoms with E-state index in [2.05, 4.69) is 0 Å². The van der Waals surface area contributed by atoms with Crippen molar-refractivity contribution in [3.8, 4) is 0 Å². The fourth-order valence-electron chi connectivity index (χ4n) is 4.25. The number of thioether (sulfide) groups is 1. The van der Waals surface area contributed by atoms with Gasteiger partial charge in [0.2, 0.25) is 10.0 Å². The van der Waals surface area contributed by atoms with Crippen molar-refractivity contribution in [2.75, 3.05) is 12.3 Å². The Balaban J connectivity index is 1.90. The molecule has 1 aliphatic heterocycles. The van der Waals surface area contributed by atoms with Gasteiger partial charge >= 0.3 is 11.9 Å². The van der Waals surface area contributed by atoms with E-state index >= 15 is 0 Å². The van der Waals surface area contributed by atoms with Crippen LogP contribution in [0.4, 0.5) is 0 Å². The predicted molar refractivity (Wildman–Crippen MR) is 141 cm³/mol. The molecular formula is C27H35NO6S2. The lowest BCUT2D eigenvalue weighted by molar-refractivity contribution is -0.154. The maximum atomic E-state index is 13.7. The Hall–Kier alpha value is -2.36. The van der Waals surface area contributed by atoms with Crippen molar-refractivity contribution in [2.24, 2.45) is 5.92 Å². The molecule has 9 heteroatoms. The minimum atomic E-state index is -3.94. The topological polar surface area (TPSA) is 101 Å². The molecule has 0 spiro atoms. The molecule has 0 unspecified atom stereocenters. The minimum absolute atomic E-state index is 0.144. The number of carbonyl (C=O) groups excluding carboxylic acids is 1. The van der Waals surface area contributed by atoms with Gasteiger partial charge in [0.25, 0.3) is 0 Å². The summed E-state index contributed by atoms with van der Waals surface area (Å²) in [7, 11) is -3.94. The van der Waals surface area contributed by atoms with Crippen LogP contribution >= 0.6 is 11.8 Å². The second-order valence-corrected chi connectivity index (χ2v) is 13.5. The SMILES string of the molecule is Cc1ccc([C@@H]2C[C@@H](SCCC(=O)OC(C)(C)C)[C@H](C(=O)O)CN2S(=O)(=O)c2ccc(C)cc2)cc1. The molecule has 3 rings (SSSR count). The number of benzene rings is 2. The molecular weight excluding hydrogens is 498 g/mol. The van der Waals surface area contributed by atoms with Crippen molar-refractivity contribution in [3.63, 3.8) is 0 Å². The number of hydrogen-bond acceptors (Lipinski definition) is 6. The van der Waals surface area contributed by atoms with Crippen LogP contribution in [0.25, 0.3) is 0 Å². The Bertz CT molecular complexity index is 1170. The molecule has 0 bridgehead atoms. The molecule has 1 heterocycles. The number of carbonyl (C=O) groups is 2. The number of sulfonamides is 1. The van der Waals surface area contributed by atoms with Crippen LogP contribution in [0.1, 0.15) is 56.3 Å². The maximum absolute atomic E-state index is 13.7. The van der Waals surface area contributed by atoms with Crippen LogP contribution in [-0.2, 0) is 24.3 Å². The highest BCUT2D eigenvalue weighted by molar-refractivity contribution is 8.00. The molecule has 7 nitrogen and oxygen atoms in total. The van der Waals surface area contributed by atoms with E-state index in [-0.39, 0.29) is 29.1 Å². The molecule has 1 fully saturated rings. The van der Waals surface area contributed by atoms with Gasteiger partial charge in [-0.15, -0.1) is 0 Å². The number of carboxylic acid groups (broad SMARTS) is 1. The molecule has 0 amide bonds. The Morgan fingerprint density at radius 3 is 2.11 bits per heavy atom. The largest absolute Gasteiger partial charge is 0.481 e. The lowest BCUT2D eigenvalue weighted by atomic mass is 9.90. The summed E-state index contributed by atoms with van der Waals surface area (Å²) < 4.78 is 34.2. The molecule has 1 N–H and O–H groups in total. The monoisotopic (exact) mass is 533 g/mol. The number of carboxylic acids is 1. The summed E-state index contributed by atoms with van der Waals surface area (Å²) in [5.41, 5.74) is 2.22. The number of rotatable bonds is 8. The zero-order chi connectivity index (χ0) is 26.7. The third kappa shape index (κ3) is 7.11. The van der Waals surface area contributed by atoms with Gasteiger partial charge in [-0.25, -0.2) is 8.42 Å². The number of esters is 1. The van der Waals surface area contributed by atoms with Gasteiger partial charge in [-0.2, -0.15) is 16.1 Å². The Morgan fingerprint density at radius 1 is 1.03 bits per heavy atom. The average Bonchev–Trinajstić information content (AvgIpc) is 2.78. The molecule has 0 aromatic heterocycles. The zero-order valence-electron chi connectivity index (χ0n) is 21.4. The van der Waals surface area contributed by atoms with Gasteiger partial charge in [0.15, 0.2) is 0 Å². The van der Waals surface area contributed by atoms with Crippen LogP contribution in [-0.4, -0.2) is 52.9 Å². The van der Waals surface area contributed by atoms with E-state index in [9.17, 15) is 23.1 Å².